The number of hydrogen-bond donors (Lipinski definition) is 1. The fourth-order valence-corrected chi connectivity index (χ4v) is 6.66. The van der Waals surface area contributed by atoms with Crippen LogP contribution in [-0.4, -0.2) is 16.2 Å². The van der Waals surface area contributed by atoms with E-state index in [1.807, 2.05) is 32.0 Å². The number of nitrogens with zero attached hydrogens (tertiary/aromatic N) is 1. The fourth-order valence-electron chi connectivity index (χ4n) is 5.46. The molecule has 1 heterocycles. The molecular formula is C33H49NO2S. The molecule has 2 aliphatic rings. The summed E-state index contributed by atoms with van der Waals surface area (Å²) in [6.45, 7) is 13.3. The summed E-state index contributed by atoms with van der Waals surface area (Å²) in [6, 6.07) is 8.12. The van der Waals surface area contributed by atoms with Crippen LogP contribution in [0.25, 0.3) is 20.8 Å². The van der Waals surface area contributed by atoms with Crippen molar-refractivity contribution in [1.29, 1.82) is 0 Å². The molecule has 0 saturated heterocycles. The number of hydrogen-bond acceptors (Lipinski definition) is 4. The molecule has 0 unspecified atom stereocenters. The smallest absolute Gasteiger partial charge is 0.186 e. The Balaban J connectivity index is 1.47. The number of aliphatic hydroxyl groups is 1. The third-order valence-electron chi connectivity index (χ3n) is 8.17. The van der Waals surface area contributed by atoms with Crippen LogP contribution in [0.5, 0.6) is 0 Å². The van der Waals surface area contributed by atoms with Crippen molar-refractivity contribution >= 4 is 21.6 Å². The van der Waals surface area contributed by atoms with Gasteiger partial charge in [-0.25, -0.2) is 4.98 Å². The number of para-hydroxylation sites is 1. The standard InChI is InChI=1S/C33H49NO2S/c1-22(2)12-9-13-23(3)14-10-15-24(4)16-11-17-27(35)20-21-28-32(36)26(6)25(5)31-33(28)37-30-19-8-7-18-29(30)34-31/h7-8,18-19,22-24,27,35H,9-17,20-21H2,1-6H3/t23-,24-,27-/m1/s1. The number of rotatable bonds is 15. The van der Waals surface area contributed by atoms with Crippen molar-refractivity contribution in [2.45, 2.75) is 118 Å². The minimum atomic E-state index is -0.359. The zero-order chi connectivity index (χ0) is 26.9. The number of aromatic nitrogens is 1. The van der Waals surface area contributed by atoms with Crippen LogP contribution in [0.2, 0.25) is 0 Å². The highest BCUT2D eigenvalue weighted by molar-refractivity contribution is 7.21. The van der Waals surface area contributed by atoms with Gasteiger partial charge in [-0.05, 0) is 68.6 Å². The molecule has 0 aromatic heterocycles. The topological polar surface area (TPSA) is 50.2 Å². The van der Waals surface area contributed by atoms with Crippen LogP contribution in [0, 0.1) is 31.6 Å². The molecule has 1 aromatic rings. The van der Waals surface area contributed by atoms with E-state index in [9.17, 15) is 9.90 Å². The molecule has 0 saturated carbocycles. The average molecular weight is 524 g/mol. The van der Waals surface area contributed by atoms with E-state index in [1.54, 1.807) is 11.3 Å². The fraction of sp³-hybridized carbons (Fsp3) is 0.636. The largest absolute Gasteiger partial charge is 0.393 e. The molecule has 0 amide bonds. The quantitative estimate of drug-likeness (QED) is 0.202. The van der Waals surface area contributed by atoms with E-state index < -0.39 is 0 Å². The van der Waals surface area contributed by atoms with Crippen molar-refractivity contribution in [2.75, 3.05) is 0 Å². The van der Waals surface area contributed by atoms with E-state index >= 15 is 0 Å². The van der Waals surface area contributed by atoms with Gasteiger partial charge in [0.25, 0.3) is 0 Å². The van der Waals surface area contributed by atoms with Gasteiger partial charge < -0.3 is 5.11 Å². The molecule has 3 nitrogen and oxygen atoms in total. The molecule has 4 heteroatoms. The third-order valence-corrected chi connectivity index (χ3v) is 9.37. The van der Waals surface area contributed by atoms with Gasteiger partial charge in [-0.15, -0.1) is 11.3 Å². The van der Waals surface area contributed by atoms with E-state index in [0.717, 1.165) is 62.2 Å². The van der Waals surface area contributed by atoms with Crippen LogP contribution in [-0.2, 0) is 6.42 Å². The molecule has 37 heavy (non-hydrogen) atoms. The van der Waals surface area contributed by atoms with Gasteiger partial charge >= 0.3 is 0 Å². The van der Waals surface area contributed by atoms with Crippen molar-refractivity contribution < 1.29 is 5.11 Å². The number of fused-ring (bicyclic) bond motifs is 2. The average Bonchev–Trinajstić information content (AvgIpc) is 2.86. The van der Waals surface area contributed by atoms with E-state index in [1.165, 1.54) is 44.9 Å². The zero-order valence-corrected chi connectivity index (χ0v) is 24.9. The summed E-state index contributed by atoms with van der Waals surface area (Å²) in [5.41, 5.74) is 4.63. The summed E-state index contributed by atoms with van der Waals surface area (Å²) in [4.78, 5) is 19.1. The lowest BCUT2D eigenvalue weighted by atomic mass is 9.91. The summed E-state index contributed by atoms with van der Waals surface area (Å²) < 4.78 is 1.10. The normalized spacial score (nSPS) is 14.5. The molecule has 3 atom stereocenters. The molecule has 0 bridgehead atoms. The minimum absolute atomic E-state index is 0.123. The van der Waals surface area contributed by atoms with Crippen molar-refractivity contribution in [1.82, 2.24) is 4.98 Å². The van der Waals surface area contributed by atoms with E-state index in [2.05, 4.69) is 33.8 Å². The Labute approximate surface area is 229 Å². The first-order valence-corrected chi connectivity index (χ1v) is 15.5. The first-order valence-electron chi connectivity index (χ1n) is 14.7. The van der Waals surface area contributed by atoms with Gasteiger partial charge in [-0.3, -0.25) is 4.79 Å². The van der Waals surface area contributed by atoms with Gasteiger partial charge in [0.2, 0.25) is 0 Å². The Morgan fingerprint density at radius 1 is 0.811 bits per heavy atom. The second-order valence-corrected chi connectivity index (χ2v) is 13.1. The molecule has 1 N–H and O–H groups in total. The SMILES string of the molecule is Cc1c2nc3ccccc3sc-2c(CC[C@H](O)CCC[C@H](C)CCC[C@H](C)CCCC(C)C)c(=O)c1C. The van der Waals surface area contributed by atoms with Crippen LogP contribution in [0.3, 0.4) is 0 Å². The van der Waals surface area contributed by atoms with Crippen molar-refractivity contribution in [2.24, 2.45) is 17.8 Å². The lowest BCUT2D eigenvalue weighted by Crippen LogP contribution is -2.19. The van der Waals surface area contributed by atoms with Crippen LogP contribution in [0.15, 0.2) is 29.1 Å². The lowest BCUT2D eigenvalue weighted by Gasteiger charge is -2.18. The Bertz CT molecular complexity index is 1150. The van der Waals surface area contributed by atoms with Crippen molar-refractivity contribution in [3.8, 4) is 10.6 Å². The second-order valence-electron chi connectivity index (χ2n) is 12.0. The first kappa shape index (κ1) is 29.8. The maximum Gasteiger partial charge on any atom is 0.186 e. The van der Waals surface area contributed by atoms with Gasteiger partial charge in [-0.2, -0.15) is 0 Å². The first-order chi connectivity index (χ1) is 17.7. The molecule has 0 spiro atoms. The van der Waals surface area contributed by atoms with Gasteiger partial charge in [0, 0.05) is 11.1 Å². The van der Waals surface area contributed by atoms with Crippen molar-refractivity contribution in [3.05, 3.63) is 51.2 Å². The van der Waals surface area contributed by atoms with Crippen LogP contribution < -0.4 is 5.43 Å². The third kappa shape index (κ3) is 8.61. The van der Waals surface area contributed by atoms with E-state index in [0.29, 0.717) is 18.8 Å². The van der Waals surface area contributed by atoms with Crippen LogP contribution >= 0.6 is 11.3 Å². The molecule has 1 aliphatic heterocycles. The predicted octanol–water partition coefficient (Wildman–Crippen LogP) is 9.11. The maximum atomic E-state index is 13.2. The molecule has 3 rings (SSSR count). The number of benzene rings is 2. The molecule has 1 aliphatic carbocycles. The van der Waals surface area contributed by atoms with Gasteiger partial charge in [0.15, 0.2) is 5.43 Å². The zero-order valence-electron chi connectivity index (χ0n) is 24.1. The van der Waals surface area contributed by atoms with Crippen LogP contribution in [0.4, 0.5) is 0 Å². The monoisotopic (exact) mass is 523 g/mol. The highest BCUT2D eigenvalue weighted by atomic mass is 32.1. The maximum absolute atomic E-state index is 13.2. The molecule has 0 radical (unpaired) electrons. The van der Waals surface area contributed by atoms with Gasteiger partial charge in [0.05, 0.1) is 26.9 Å². The van der Waals surface area contributed by atoms with Crippen LogP contribution in [0.1, 0.15) is 109 Å². The minimum Gasteiger partial charge on any atom is -0.393 e. The van der Waals surface area contributed by atoms with Gasteiger partial charge in [-0.1, -0.05) is 91.2 Å². The molecule has 204 valence electrons. The Hall–Kier alpha value is -1.78. The summed E-state index contributed by atoms with van der Waals surface area (Å²) in [7, 11) is 0. The Morgan fingerprint density at radius 2 is 1.41 bits per heavy atom. The van der Waals surface area contributed by atoms with E-state index in [-0.39, 0.29) is 11.5 Å². The Kier molecular flexibility index (Phi) is 11.6. The molecule has 0 fully saturated rings. The van der Waals surface area contributed by atoms with E-state index in [4.69, 9.17) is 4.98 Å². The Morgan fingerprint density at radius 3 is 2.05 bits per heavy atom. The number of aliphatic hydroxyl groups excluding tert-OH is 1. The second kappa shape index (κ2) is 14.4. The van der Waals surface area contributed by atoms with Gasteiger partial charge in [0.1, 0.15) is 0 Å². The lowest BCUT2D eigenvalue weighted by molar-refractivity contribution is 0.149. The molecule has 1 aromatic carbocycles. The molecular weight excluding hydrogens is 474 g/mol. The highest BCUT2D eigenvalue weighted by Gasteiger charge is 2.21. The highest BCUT2D eigenvalue weighted by Crippen LogP contribution is 2.36. The van der Waals surface area contributed by atoms with Crippen molar-refractivity contribution in [3.63, 3.8) is 0 Å². The summed E-state index contributed by atoms with van der Waals surface area (Å²) in [5.74, 6) is 2.38. The summed E-state index contributed by atoms with van der Waals surface area (Å²) >= 11 is 1.66. The predicted molar refractivity (Wildman–Crippen MR) is 161 cm³/mol. The summed E-state index contributed by atoms with van der Waals surface area (Å²) in [6.07, 6.45) is 12.0. The summed E-state index contributed by atoms with van der Waals surface area (Å²) in [5, 5.41) is 10.7.